The van der Waals surface area contributed by atoms with Crippen LogP contribution >= 0.6 is 0 Å². The van der Waals surface area contributed by atoms with E-state index in [1.807, 2.05) is 11.0 Å². The van der Waals surface area contributed by atoms with Crippen molar-refractivity contribution in [1.82, 2.24) is 9.88 Å². The van der Waals surface area contributed by atoms with Crippen molar-refractivity contribution in [2.75, 3.05) is 44.3 Å². The number of rotatable bonds is 4. The van der Waals surface area contributed by atoms with Gasteiger partial charge in [-0.25, -0.2) is 14.8 Å². The number of aromatic hydroxyl groups is 1. The normalized spacial score (nSPS) is 21.0. The molecule has 3 aliphatic rings. The number of aliphatic imine (C=N–C) groups is 1. The highest BCUT2D eigenvalue weighted by atomic mass is 16.5. The molecule has 2 aromatic heterocycles. The number of pyridine rings is 1. The number of carboxylic acid groups (broad SMARTS) is 1. The minimum absolute atomic E-state index is 0.112. The molecule has 2 N–H and O–H groups in total. The van der Waals surface area contributed by atoms with Crippen molar-refractivity contribution in [3.63, 3.8) is 0 Å². The Bertz CT molecular complexity index is 1050. The largest absolute Gasteiger partial charge is 0.504 e. The summed E-state index contributed by atoms with van der Waals surface area (Å²) in [6.07, 6.45) is 6.71. The third-order valence-corrected chi connectivity index (χ3v) is 6.13. The molecule has 5 heterocycles. The molecule has 5 rings (SSSR count). The molecule has 0 atom stereocenters. The van der Waals surface area contributed by atoms with Crippen molar-refractivity contribution >= 4 is 35.5 Å². The van der Waals surface area contributed by atoms with Crippen LogP contribution in [-0.2, 0) is 4.74 Å². The third-order valence-electron chi connectivity index (χ3n) is 6.13. The van der Waals surface area contributed by atoms with Crippen LogP contribution < -0.4 is 4.90 Å². The van der Waals surface area contributed by atoms with Gasteiger partial charge in [0.25, 0.3) is 0 Å². The maximum atomic E-state index is 11.9. The molecule has 0 aliphatic carbocycles. The second-order valence-electron chi connectivity index (χ2n) is 7.90. The monoisotopic (exact) mass is 424 g/mol. The summed E-state index contributed by atoms with van der Waals surface area (Å²) >= 11 is 0. The molecule has 9 heteroatoms. The highest BCUT2D eigenvalue weighted by Crippen LogP contribution is 2.40. The Morgan fingerprint density at radius 1 is 1.19 bits per heavy atom. The first-order valence-corrected chi connectivity index (χ1v) is 10.5. The Morgan fingerprint density at radius 3 is 2.71 bits per heavy atom. The number of hydrogen-bond donors (Lipinski definition) is 2. The molecule has 0 radical (unpaired) electrons. The first-order chi connectivity index (χ1) is 15.1. The number of allylic oxidation sites excluding steroid dienone is 1. The fourth-order valence-electron chi connectivity index (χ4n) is 4.50. The number of hydrogen-bond acceptors (Lipinski definition) is 8. The summed E-state index contributed by atoms with van der Waals surface area (Å²) in [7, 11) is 0. The number of fused-ring (bicyclic) bond motifs is 1. The van der Waals surface area contributed by atoms with Crippen LogP contribution in [0.3, 0.4) is 0 Å². The van der Waals surface area contributed by atoms with Gasteiger partial charge in [-0.2, -0.15) is 0 Å². The maximum Gasteiger partial charge on any atom is 0.345 e. The molecule has 0 aromatic carbocycles. The summed E-state index contributed by atoms with van der Waals surface area (Å²) in [5.41, 5.74) is 1.32. The molecule has 0 saturated carbocycles. The van der Waals surface area contributed by atoms with E-state index in [1.165, 1.54) is 0 Å². The van der Waals surface area contributed by atoms with Gasteiger partial charge >= 0.3 is 5.97 Å². The van der Waals surface area contributed by atoms with Crippen LogP contribution in [0.2, 0.25) is 0 Å². The van der Waals surface area contributed by atoms with E-state index in [9.17, 15) is 15.0 Å². The third kappa shape index (κ3) is 3.70. The zero-order valence-electron chi connectivity index (χ0n) is 17.0. The van der Waals surface area contributed by atoms with Gasteiger partial charge < -0.3 is 24.3 Å². The van der Waals surface area contributed by atoms with E-state index < -0.39 is 5.97 Å². The average molecular weight is 424 g/mol. The summed E-state index contributed by atoms with van der Waals surface area (Å²) in [6.45, 7) is 4.72. The summed E-state index contributed by atoms with van der Waals surface area (Å²) in [4.78, 5) is 24.7. The molecule has 9 nitrogen and oxygen atoms in total. The van der Waals surface area contributed by atoms with Gasteiger partial charge in [-0.1, -0.05) is 0 Å². The fourth-order valence-corrected chi connectivity index (χ4v) is 4.50. The number of ether oxygens (including phenoxy) is 1. The van der Waals surface area contributed by atoms with E-state index in [-0.39, 0.29) is 23.0 Å². The Balaban J connectivity index is 1.40. The lowest BCUT2D eigenvalue weighted by Crippen LogP contribution is -2.49. The lowest BCUT2D eigenvalue weighted by molar-refractivity contribution is 0.0113. The van der Waals surface area contributed by atoms with E-state index in [0.717, 1.165) is 44.7 Å². The van der Waals surface area contributed by atoms with Crippen LogP contribution in [0.25, 0.3) is 11.6 Å². The van der Waals surface area contributed by atoms with Crippen molar-refractivity contribution in [3.05, 3.63) is 35.2 Å². The minimum Gasteiger partial charge on any atom is -0.504 e. The number of carboxylic acids is 1. The smallest absolute Gasteiger partial charge is 0.345 e. The van der Waals surface area contributed by atoms with Crippen molar-refractivity contribution in [3.8, 4) is 5.75 Å². The molecule has 2 fully saturated rings. The van der Waals surface area contributed by atoms with Crippen molar-refractivity contribution in [2.45, 2.75) is 18.9 Å². The van der Waals surface area contributed by atoms with Gasteiger partial charge in [0.1, 0.15) is 0 Å². The lowest BCUT2D eigenvalue weighted by Gasteiger charge is -2.40. The van der Waals surface area contributed by atoms with Crippen LogP contribution in [-0.4, -0.2) is 77.7 Å². The molecule has 2 saturated heterocycles. The molecule has 31 heavy (non-hydrogen) atoms. The molecule has 162 valence electrons. The summed E-state index contributed by atoms with van der Waals surface area (Å²) in [6, 6.07) is 4.13. The predicted octanol–water partition coefficient (Wildman–Crippen LogP) is 2.64. The average Bonchev–Trinajstić information content (AvgIpc) is 3.36. The molecule has 0 unspecified atom stereocenters. The fraction of sp³-hybridized carbons (Fsp3) is 0.409. The number of morpholine rings is 1. The van der Waals surface area contributed by atoms with E-state index in [4.69, 9.17) is 9.15 Å². The maximum absolute atomic E-state index is 11.9. The number of nitrogens with zero attached hydrogens (tertiary/aromatic N) is 4. The van der Waals surface area contributed by atoms with Gasteiger partial charge in [0, 0.05) is 55.8 Å². The summed E-state index contributed by atoms with van der Waals surface area (Å²) in [5, 5.41) is 20.4. The second kappa shape index (κ2) is 8.16. The number of aromatic nitrogens is 1. The topological polar surface area (TPSA) is 112 Å². The summed E-state index contributed by atoms with van der Waals surface area (Å²) < 4.78 is 11.3. The molecule has 0 bridgehead atoms. The van der Waals surface area contributed by atoms with E-state index in [1.54, 1.807) is 24.6 Å². The number of furan rings is 1. The van der Waals surface area contributed by atoms with Gasteiger partial charge in [-0.05, 0) is 31.1 Å². The lowest BCUT2D eigenvalue weighted by atomic mass is 10.0. The van der Waals surface area contributed by atoms with Crippen molar-refractivity contribution in [1.29, 1.82) is 0 Å². The number of aromatic carboxylic acids is 1. The molecular weight excluding hydrogens is 400 g/mol. The quantitative estimate of drug-likeness (QED) is 0.771. The van der Waals surface area contributed by atoms with Gasteiger partial charge in [-0.3, -0.25) is 4.90 Å². The Kier molecular flexibility index (Phi) is 5.21. The Labute approximate surface area is 179 Å². The number of anilines is 1. The van der Waals surface area contributed by atoms with E-state index >= 15 is 0 Å². The zero-order chi connectivity index (χ0) is 21.4. The minimum atomic E-state index is -1.21. The second-order valence-corrected chi connectivity index (χ2v) is 7.90. The highest BCUT2D eigenvalue weighted by Gasteiger charge is 2.32. The van der Waals surface area contributed by atoms with Gasteiger partial charge in [0.15, 0.2) is 22.9 Å². The van der Waals surface area contributed by atoms with E-state index in [2.05, 4.69) is 14.9 Å². The zero-order valence-corrected chi connectivity index (χ0v) is 17.0. The van der Waals surface area contributed by atoms with Crippen molar-refractivity contribution in [2.24, 2.45) is 4.99 Å². The van der Waals surface area contributed by atoms with Gasteiger partial charge in [0.05, 0.1) is 13.2 Å². The number of piperidine rings is 1. The van der Waals surface area contributed by atoms with Crippen LogP contribution in [0.4, 0.5) is 11.7 Å². The van der Waals surface area contributed by atoms with Crippen LogP contribution in [0.5, 0.6) is 5.75 Å². The highest BCUT2D eigenvalue weighted by molar-refractivity contribution is 6.21. The predicted molar refractivity (Wildman–Crippen MR) is 115 cm³/mol. The molecule has 0 spiro atoms. The van der Waals surface area contributed by atoms with E-state index in [0.29, 0.717) is 30.5 Å². The Morgan fingerprint density at radius 2 is 1.97 bits per heavy atom. The molecule has 3 aliphatic heterocycles. The Hall–Kier alpha value is -3.17. The first kappa shape index (κ1) is 19.8. The van der Waals surface area contributed by atoms with Crippen molar-refractivity contribution < 1.29 is 24.2 Å². The van der Waals surface area contributed by atoms with Crippen LogP contribution in [0.15, 0.2) is 27.7 Å². The van der Waals surface area contributed by atoms with Crippen LogP contribution in [0.1, 0.15) is 34.5 Å². The number of carbonyl (C=O) groups is 1. The van der Waals surface area contributed by atoms with Crippen LogP contribution in [0, 0.1) is 0 Å². The van der Waals surface area contributed by atoms with Gasteiger partial charge in [-0.15, -0.1) is 0 Å². The standard InChI is InChI=1S/C22H24N4O5/c27-19-17(12-14-13-24-20-16(14)2-1-5-23-20)31-21(18(19)22(28)29)26-6-3-15(4-7-26)25-8-10-30-11-9-25/h1-2,5,12-13,15,27H,3-4,6-11H2,(H,28,29). The van der Waals surface area contributed by atoms with Gasteiger partial charge in [0.2, 0.25) is 5.88 Å². The summed E-state index contributed by atoms with van der Waals surface area (Å²) in [5.74, 6) is -0.669. The molecule has 0 amide bonds. The SMILES string of the molecule is O=C(O)c1c(N2CCC(N3CCOCC3)CC2)oc(C=C2C=Nc3ncccc32)c1O. The molecular formula is C22H24N4O5. The first-order valence-electron chi connectivity index (χ1n) is 10.5. The molecule has 2 aromatic rings.